The maximum absolute atomic E-state index is 10.0. The second kappa shape index (κ2) is 6.99. The third-order valence-electron chi connectivity index (χ3n) is 3.98. The van der Waals surface area contributed by atoms with Gasteiger partial charge in [0.25, 0.3) is 0 Å². The number of aryl methyl sites for hydroxylation is 2. The van der Waals surface area contributed by atoms with E-state index in [1.165, 1.54) is 12.8 Å². The molecule has 0 radical (unpaired) electrons. The molecule has 1 aliphatic heterocycles. The Bertz CT molecular complexity index is 431. The van der Waals surface area contributed by atoms with Gasteiger partial charge >= 0.3 is 0 Å². The van der Waals surface area contributed by atoms with E-state index in [-0.39, 0.29) is 6.61 Å². The molecule has 112 valence electrons. The zero-order chi connectivity index (χ0) is 14.5. The van der Waals surface area contributed by atoms with Gasteiger partial charge in [0.2, 0.25) is 5.88 Å². The van der Waals surface area contributed by atoms with Crippen LogP contribution in [0.5, 0.6) is 5.88 Å². The molecule has 0 aromatic carbocycles. The van der Waals surface area contributed by atoms with Crippen molar-refractivity contribution in [1.82, 2.24) is 15.1 Å². The number of nitrogens with zero attached hydrogens (tertiary/aromatic N) is 3. The summed E-state index contributed by atoms with van der Waals surface area (Å²) in [5, 5.41) is 18.0. The summed E-state index contributed by atoms with van der Waals surface area (Å²) in [6, 6.07) is 1.86. The van der Waals surface area contributed by atoms with Crippen LogP contribution in [-0.4, -0.2) is 52.5 Å². The third-order valence-corrected chi connectivity index (χ3v) is 3.98. The van der Waals surface area contributed by atoms with Crippen LogP contribution in [0.25, 0.3) is 0 Å². The van der Waals surface area contributed by atoms with Gasteiger partial charge < -0.3 is 14.7 Å². The minimum Gasteiger partial charge on any atom is -0.474 e. The Morgan fingerprint density at radius 2 is 2.05 bits per heavy atom. The normalized spacial score (nSPS) is 19.0. The molecule has 0 amide bonds. The number of aromatic nitrogens is 2. The first-order chi connectivity index (χ1) is 9.54. The number of likely N-dealkylation sites (tertiary alicyclic amines) is 1. The van der Waals surface area contributed by atoms with Crippen molar-refractivity contribution in [3.05, 3.63) is 17.3 Å². The summed E-state index contributed by atoms with van der Waals surface area (Å²) in [4.78, 5) is 2.31. The molecule has 20 heavy (non-hydrogen) atoms. The molecule has 0 saturated carbocycles. The molecule has 1 aromatic heterocycles. The molecular weight excluding hydrogens is 254 g/mol. The number of aliphatic hydroxyl groups excluding tert-OH is 1. The zero-order valence-electron chi connectivity index (χ0n) is 12.7. The van der Waals surface area contributed by atoms with Gasteiger partial charge in [-0.25, -0.2) is 0 Å². The van der Waals surface area contributed by atoms with Crippen LogP contribution >= 0.6 is 0 Å². The standard InChI is InChI=1S/C15H25N3O2/c1-11-4-6-18(7-5-11)9-14(19)10-20-15-8-12(2)13(3)16-17-15/h8,11,14,19H,4-7,9-10H2,1-3H3. The molecule has 0 bridgehead atoms. The van der Waals surface area contributed by atoms with E-state index in [0.29, 0.717) is 12.4 Å². The minimum absolute atomic E-state index is 0.267. The fourth-order valence-corrected chi connectivity index (χ4v) is 2.37. The van der Waals surface area contributed by atoms with Crippen LogP contribution < -0.4 is 4.74 Å². The lowest BCUT2D eigenvalue weighted by Crippen LogP contribution is -2.40. The highest BCUT2D eigenvalue weighted by molar-refractivity contribution is 5.21. The van der Waals surface area contributed by atoms with Gasteiger partial charge in [0.15, 0.2) is 0 Å². The van der Waals surface area contributed by atoms with Gasteiger partial charge in [-0.15, -0.1) is 5.10 Å². The molecule has 5 nitrogen and oxygen atoms in total. The van der Waals surface area contributed by atoms with Crippen molar-refractivity contribution in [2.24, 2.45) is 5.92 Å². The van der Waals surface area contributed by atoms with E-state index in [2.05, 4.69) is 22.0 Å². The van der Waals surface area contributed by atoms with Crippen LogP contribution in [-0.2, 0) is 0 Å². The molecule has 2 rings (SSSR count). The van der Waals surface area contributed by atoms with Crippen LogP contribution in [0.3, 0.4) is 0 Å². The molecule has 0 aliphatic carbocycles. The molecule has 1 aliphatic rings. The first-order valence-corrected chi connectivity index (χ1v) is 7.38. The Morgan fingerprint density at radius 1 is 1.35 bits per heavy atom. The summed E-state index contributed by atoms with van der Waals surface area (Å²) in [7, 11) is 0. The van der Waals surface area contributed by atoms with Gasteiger partial charge in [-0.1, -0.05) is 6.92 Å². The topological polar surface area (TPSA) is 58.5 Å². The van der Waals surface area contributed by atoms with Gasteiger partial charge in [-0.2, -0.15) is 5.10 Å². The van der Waals surface area contributed by atoms with Crippen molar-refractivity contribution in [2.75, 3.05) is 26.2 Å². The molecule has 5 heteroatoms. The highest BCUT2D eigenvalue weighted by Gasteiger charge is 2.18. The van der Waals surface area contributed by atoms with E-state index in [0.717, 1.165) is 30.3 Å². The first kappa shape index (κ1) is 15.2. The predicted octanol–water partition coefficient (Wildman–Crippen LogP) is 1.57. The van der Waals surface area contributed by atoms with Crippen molar-refractivity contribution in [1.29, 1.82) is 0 Å². The molecule has 1 fully saturated rings. The van der Waals surface area contributed by atoms with Gasteiger partial charge in [-0.3, -0.25) is 0 Å². The Kier molecular flexibility index (Phi) is 5.31. The summed E-state index contributed by atoms with van der Waals surface area (Å²) in [6.07, 6.45) is 1.96. The van der Waals surface area contributed by atoms with Crippen molar-refractivity contribution in [2.45, 2.75) is 39.7 Å². The average molecular weight is 279 g/mol. The minimum atomic E-state index is -0.480. The van der Waals surface area contributed by atoms with E-state index in [9.17, 15) is 5.11 Å². The van der Waals surface area contributed by atoms with Crippen molar-refractivity contribution >= 4 is 0 Å². The Morgan fingerprint density at radius 3 is 2.70 bits per heavy atom. The first-order valence-electron chi connectivity index (χ1n) is 7.38. The summed E-state index contributed by atoms with van der Waals surface area (Å²) >= 11 is 0. The lowest BCUT2D eigenvalue weighted by Gasteiger charge is -2.31. The lowest BCUT2D eigenvalue weighted by atomic mass is 9.99. The second-order valence-corrected chi connectivity index (χ2v) is 5.90. The number of piperidine rings is 1. The summed E-state index contributed by atoms with van der Waals surface area (Å²) in [5.41, 5.74) is 1.95. The predicted molar refractivity (Wildman–Crippen MR) is 77.8 cm³/mol. The fourth-order valence-electron chi connectivity index (χ4n) is 2.37. The van der Waals surface area contributed by atoms with Gasteiger partial charge in [0.1, 0.15) is 12.7 Å². The van der Waals surface area contributed by atoms with Crippen LogP contribution in [0.2, 0.25) is 0 Å². The number of hydrogen-bond donors (Lipinski definition) is 1. The van der Waals surface area contributed by atoms with E-state index in [1.807, 2.05) is 19.9 Å². The van der Waals surface area contributed by atoms with Crippen LogP contribution in [0.4, 0.5) is 0 Å². The van der Waals surface area contributed by atoms with Gasteiger partial charge in [0, 0.05) is 12.6 Å². The monoisotopic (exact) mass is 279 g/mol. The van der Waals surface area contributed by atoms with E-state index < -0.39 is 6.10 Å². The largest absolute Gasteiger partial charge is 0.474 e. The molecule has 2 heterocycles. The maximum Gasteiger partial charge on any atom is 0.233 e. The van der Waals surface area contributed by atoms with Crippen LogP contribution in [0, 0.1) is 19.8 Å². The maximum atomic E-state index is 10.0. The van der Waals surface area contributed by atoms with E-state index >= 15 is 0 Å². The molecular formula is C15H25N3O2. The second-order valence-electron chi connectivity index (χ2n) is 5.90. The van der Waals surface area contributed by atoms with Crippen molar-refractivity contribution < 1.29 is 9.84 Å². The molecule has 1 unspecified atom stereocenters. The SMILES string of the molecule is Cc1cc(OCC(O)CN2CCC(C)CC2)nnc1C. The Hall–Kier alpha value is -1.20. The number of ether oxygens (including phenoxy) is 1. The Balaban J connectivity index is 1.74. The van der Waals surface area contributed by atoms with Crippen molar-refractivity contribution in [3.8, 4) is 5.88 Å². The third kappa shape index (κ3) is 4.42. The quantitative estimate of drug-likeness (QED) is 0.886. The van der Waals surface area contributed by atoms with Crippen LogP contribution in [0.15, 0.2) is 6.07 Å². The molecule has 1 saturated heterocycles. The molecule has 1 aromatic rings. The summed E-state index contributed by atoms with van der Waals surface area (Å²) < 4.78 is 5.52. The van der Waals surface area contributed by atoms with Crippen LogP contribution in [0.1, 0.15) is 31.0 Å². The highest BCUT2D eigenvalue weighted by atomic mass is 16.5. The number of rotatable bonds is 5. The average Bonchev–Trinajstić information content (AvgIpc) is 2.43. The number of aliphatic hydroxyl groups is 1. The smallest absolute Gasteiger partial charge is 0.233 e. The summed E-state index contributed by atoms with van der Waals surface area (Å²) in [5.74, 6) is 1.30. The number of hydrogen-bond acceptors (Lipinski definition) is 5. The molecule has 1 atom stereocenters. The summed E-state index contributed by atoms with van der Waals surface area (Å²) in [6.45, 7) is 9.26. The zero-order valence-corrected chi connectivity index (χ0v) is 12.7. The van der Waals surface area contributed by atoms with Gasteiger partial charge in [0.05, 0.1) is 5.69 Å². The van der Waals surface area contributed by atoms with E-state index in [4.69, 9.17) is 4.74 Å². The van der Waals surface area contributed by atoms with E-state index in [1.54, 1.807) is 0 Å². The lowest BCUT2D eigenvalue weighted by molar-refractivity contribution is 0.0546. The van der Waals surface area contributed by atoms with Crippen molar-refractivity contribution in [3.63, 3.8) is 0 Å². The molecule has 1 N–H and O–H groups in total. The molecule has 0 spiro atoms. The fraction of sp³-hybridized carbons (Fsp3) is 0.733. The number of β-amino-alcohol motifs (C(OH)–C–C–N with tert-alkyl or cyclic N) is 1. The van der Waals surface area contributed by atoms with Gasteiger partial charge in [-0.05, 0) is 51.3 Å². The Labute approximate surface area is 121 Å². The highest BCUT2D eigenvalue weighted by Crippen LogP contribution is 2.16.